The van der Waals surface area contributed by atoms with Gasteiger partial charge >= 0.3 is 0 Å². The molecule has 0 bridgehead atoms. The van der Waals surface area contributed by atoms with Crippen molar-refractivity contribution in [3.05, 3.63) is 75.1 Å². The van der Waals surface area contributed by atoms with E-state index in [0.29, 0.717) is 28.2 Å². The van der Waals surface area contributed by atoms with Gasteiger partial charge in [-0.2, -0.15) is 4.98 Å². The third kappa shape index (κ3) is 4.12. The molecule has 2 aromatic carbocycles. The Morgan fingerprint density at radius 1 is 1.17 bits per heavy atom. The minimum absolute atomic E-state index is 0.0918. The van der Waals surface area contributed by atoms with E-state index in [-0.39, 0.29) is 5.69 Å². The normalized spacial score (nSPS) is 10.7. The number of rotatable bonds is 6. The maximum Gasteiger partial charge on any atom is 0.269 e. The van der Waals surface area contributed by atoms with Crippen molar-refractivity contribution in [3.8, 4) is 11.4 Å². The van der Waals surface area contributed by atoms with Crippen LogP contribution in [0.1, 0.15) is 11.5 Å². The second-order valence-electron chi connectivity index (χ2n) is 4.94. The molecule has 3 aromatic rings. The van der Waals surface area contributed by atoms with Crippen LogP contribution < -0.4 is 0 Å². The van der Waals surface area contributed by atoms with Gasteiger partial charge in [-0.05, 0) is 17.7 Å². The zero-order valence-corrected chi connectivity index (χ0v) is 14.0. The number of aromatic nitrogens is 2. The van der Waals surface area contributed by atoms with Crippen LogP contribution >= 0.6 is 23.4 Å². The Morgan fingerprint density at radius 2 is 2.00 bits per heavy atom. The van der Waals surface area contributed by atoms with Crippen LogP contribution in [0.2, 0.25) is 5.02 Å². The summed E-state index contributed by atoms with van der Waals surface area (Å²) in [6.45, 7) is 0. The van der Waals surface area contributed by atoms with E-state index in [1.807, 2.05) is 18.2 Å². The third-order valence-electron chi connectivity index (χ3n) is 3.17. The summed E-state index contributed by atoms with van der Waals surface area (Å²) in [5.74, 6) is 2.14. The molecule has 0 saturated carbocycles. The number of halogens is 1. The zero-order chi connectivity index (χ0) is 16.9. The summed E-state index contributed by atoms with van der Waals surface area (Å²) >= 11 is 7.50. The summed E-state index contributed by atoms with van der Waals surface area (Å²) < 4.78 is 5.23. The fourth-order valence-electron chi connectivity index (χ4n) is 2.07. The fraction of sp³-hybridized carbons (Fsp3) is 0.125. The molecular formula is C16H12ClN3O3S. The number of nitro benzene ring substituents is 1. The highest BCUT2D eigenvalue weighted by Crippen LogP contribution is 2.23. The molecule has 0 fully saturated rings. The van der Waals surface area contributed by atoms with Gasteiger partial charge in [0.25, 0.3) is 5.69 Å². The Kier molecular flexibility index (Phi) is 5.12. The molecule has 0 spiro atoms. The first-order chi connectivity index (χ1) is 11.6. The van der Waals surface area contributed by atoms with Crippen molar-refractivity contribution in [1.29, 1.82) is 0 Å². The summed E-state index contributed by atoms with van der Waals surface area (Å²) in [6, 6.07) is 13.8. The molecule has 0 aliphatic carbocycles. The Balaban J connectivity index is 1.60. The minimum Gasteiger partial charge on any atom is -0.338 e. The molecule has 1 aromatic heterocycles. The van der Waals surface area contributed by atoms with Gasteiger partial charge in [0.05, 0.1) is 10.7 Å². The Morgan fingerprint density at radius 3 is 2.79 bits per heavy atom. The van der Waals surface area contributed by atoms with E-state index in [9.17, 15) is 10.1 Å². The van der Waals surface area contributed by atoms with Crippen molar-refractivity contribution in [2.24, 2.45) is 0 Å². The SMILES string of the molecule is O=[N+]([O-])c1cccc(CSCc2nc(-c3cccc(Cl)c3)no2)c1. The zero-order valence-electron chi connectivity index (χ0n) is 12.4. The molecule has 0 unspecified atom stereocenters. The molecule has 1 heterocycles. The molecule has 122 valence electrons. The van der Waals surface area contributed by atoms with E-state index in [1.165, 1.54) is 6.07 Å². The molecule has 6 nitrogen and oxygen atoms in total. The maximum atomic E-state index is 10.8. The number of benzene rings is 2. The van der Waals surface area contributed by atoms with Crippen molar-refractivity contribution in [2.75, 3.05) is 0 Å². The molecule has 0 radical (unpaired) electrons. The number of nitrogens with zero attached hydrogens (tertiary/aromatic N) is 3. The lowest BCUT2D eigenvalue weighted by atomic mass is 10.2. The summed E-state index contributed by atoms with van der Waals surface area (Å²) in [4.78, 5) is 14.7. The van der Waals surface area contributed by atoms with E-state index in [4.69, 9.17) is 16.1 Å². The molecule has 0 aliphatic heterocycles. The monoisotopic (exact) mass is 361 g/mol. The first kappa shape index (κ1) is 16.5. The Hall–Kier alpha value is -2.38. The summed E-state index contributed by atoms with van der Waals surface area (Å²) in [5, 5.41) is 15.3. The van der Waals surface area contributed by atoms with Crippen LogP contribution in [0, 0.1) is 10.1 Å². The van der Waals surface area contributed by atoms with Crippen LogP contribution in [-0.4, -0.2) is 15.1 Å². The third-order valence-corrected chi connectivity index (χ3v) is 4.39. The molecule has 0 N–H and O–H groups in total. The number of hydrogen-bond donors (Lipinski definition) is 0. The smallest absolute Gasteiger partial charge is 0.269 e. The average molecular weight is 362 g/mol. The Labute approximate surface area is 147 Å². The van der Waals surface area contributed by atoms with E-state index in [2.05, 4.69) is 10.1 Å². The van der Waals surface area contributed by atoms with Crippen molar-refractivity contribution < 1.29 is 9.45 Å². The highest BCUT2D eigenvalue weighted by molar-refractivity contribution is 7.97. The van der Waals surface area contributed by atoms with Crippen LogP contribution in [-0.2, 0) is 11.5 Å². The minimum atomic E-state index is -0.399. The molecule has 0 aliphatic rings. The summed E-state index contributed by atoms with van der Waals surface area (Å²) in [5.41, 5.74) is 1.76. The van der Waals surface area contributed by atoms with E-state index in [0.717, 1.165) is 11.1 Å². The second-order valence-corrected chi connectivity index (χ2v) is 6.36. The summed E-state index contributed by atoms with van der Waals surface area (Å²) in [7, 11) is 0. The van der Waals surface area contributed by atoms with Gasteiger partial charge in [-0.3, -0.25) is 10.1 Å². The highest BCUT2D eigenvalue weighted by Gasteiger charge is 2.10. The van der Waals surface area contributed by atoms with Gasteiger partial charge in [-0.1, -0.05) is 41.0 Å². The largest absolute Gasteiger partial charge is 0.338 e. The number of hydrogen-bond acceptors (Lipinski definition) is 6. The van der Waals surface area contributed by atoms with Crippen molar-refractivity contribution in [2.45, 2.75) is 11.5 Å². The number of thioether (sulfide) groups is 1. The standard InChI is InChI=1S/C16H12ClN3O3S/c17-13-5-2-4-12(8-13)16-18-15(23-19-16)10-24-9-11-3-1-6-14(7-11)20(21)22/h1-8H,9-10H2. The van der Waals surface area contributed by atoms with E-state index >= 15 is 0 Å². The van der Waals surface area contributed by atoms with Crippen LogP contribution in [0.15, 0.2) is 53.1 Å². The topological polar surface area (TPSA) is 82.1 Å². The van der Waals surface area contributed by atoms with Crippen LogP contribution in [0.4, 0.5) is 5.69 Å². The first-order valence-corrected chi connectivity index (χ1v) is 8.55. The lowest BCUT2D eigenvalue weighted by Gasteiger charge is -1.99. The van der Waals surface area contributed by atoms with Gasteiger partial charge in [0.2, 0.25) is 11.7 Å². The van der Waals surface area contributed by atoms with Gasteiger partial charge in [0, 0.05) is 28.5 Å². The first-order valence-electron chi connectivity index (χ1n) is 7.01. The van der Waals surface area contributed by atoms with E-state index in [1.54, 1.807) is 36.0 Å². The highest BCUT2D eigenvalue weighted by atomic mass is 35.5. The molecule has 0 saturated heterocycles. The van der Waals surface area contributed by atoms with Crippen molar-refractivity contribution in [3.63, 3.8) is 0 Å². The molecule has 8 heteroatoms. The molecular weight excluding hydrogens is 350 g/mol. The lowest BCUT2D eigenvalue weighted by Crippen LogP contribution is -1.90. The quantitative estimate of drug-likeness (QED) is 0.466. The number of nitro groups is 1. The predicted molar refractivity (Wildman–Crippen MR) is 92.8 cm³/mol. The number of non-ortho nitro benzene ring substituents is 1. The van der Waals surface area contributed by atoms with Crippen LogP contribution in [0.5, 0.6) is 0 Å². The van der Waals surface area contributed by atoms with Gasteiger partial charge in [-0.15, -0.1) is 11.8 Å². The molecule has 3 rings (SSSR count). The Bertz CT molecular complexity index is 869. The van der Waals surface area contributed by atoms with Gasteiger partial charge < -0.3 is 4.52 Å². The maximum absolute atomic E-state index is 10.8. The van der Waals surface area contributed by atoms with Crippen molar-refractivity contribution >= 4 is 29.1 Å². The molecule has 0 amide bonds. The van der Waals surface area contributed by atoms with Crippen LogP contribution in [0.3, 0.4) is 0 Å². The van der Waals surface area contributed by atoms with E-state index < -0.39 is 4.92 Å². The molecule has 24 heavy (non-hydrogen) atoms. The summed E-state index contributed by atoms with van der Waals surface area (Å²) in [6.07, 6.45) is 0. The fourth-order valence-corrected chi connectivity index (χ4v) is 3.07. The molecule has 0 atom stereocenters. The average Bonchev–Trinajstić information content (AvgIpc) is 3.04. The van der Waals surface area contributed by atoms with Crippen LogP contribution in [0.25, 0.3) is 11.4 Å². The van der Waals surface area contributed by atoms with Gasteiger partial charge in [0.15, 0.2) is 0 Å². The lowest BCUT2D eigenvalue weighted by molar-refractivity contribution is -0.384. The predicted octanol–water partition coefficient (Wildman–Crippen LogP) is 4.73. The second kappa shape index (κ2) is 7.46. The van der Waals surface area contributed by atoms with Gasteiger partial charge in [-0.25, -0.2) is 0 Å². The van der Waals surface area contributed by atoms with Crippen molar-refractivity contribution in [1.82, 2.24) is 10.1 Å². The van der Waals surface area contributed by atoms with Gasteiger partial charge in [0.1, 0.15) is 0 Å².